The Labute approximate surface area is 266 Å². The standard InChI is InChI=1S/C36H37N3O5S/c1-36(2,3)44-35(42)28(37)15-10-18-39-29(23-11-6-4-7-12-23)19-25-16-17-26(20-30(25)39)33(41)31-21-27(22-32(40)38-43)34(45-31)24-13-8-5-9-14-24/h4-9,11-14,16-17,19-21,28,43H,10,15,18,22,37H2,1-3H3,(H,38,40). The normalized spacial score (nSPS) is 12.2. The SMILES string of the molecule is CC(C)(C)OC(=O)C(N)CCCn1c(-c2ccccc2)cc2ccc(C(=O)c3cc(CC(=O)NO)c(-c4ccccc4)s3)cc21. The van der Waals surface area contributed by atoms with Gasteiger partial charge in [-0.2, -0.15) is 0 Å². The molecule has 0 bridgehead atoms. The number of carbonyl (C=O) groups excluding carboxylic acids is 3. The van der Waals surface area contributed by atoms with Crippen LogP contribution < -0.4 is 11.2 Å². The van der Waals surface area contributed by atoms with Gasteiger partial charge in [-0.25, -0.2) is 5.48 Å². The van der Waals surface area contributed by atoms with Gasteiger partial charge >= 0.3 is 5.97 Å². The first-order valence-corrected chi connectivity index (χ1v) is 15.7. The van der Waals surface area contributed by atoms with Crippen molar-refractivity contribution in [1.29, 1.82) is 0 Å². The lowest BCUT2D eigenvalue weighted by molar-refractivity contribution is -0.156. The Kier molecular flexibility index (Phi) is 9.63. The highest BCUT2D eigenvalue weighted by atomic mass is 32.1. The Hall–Kier alpha value is -4.57. The second-order valence-electron chi connectivity index (χ2n) is 12.0. The van der Waals surface area contributed by atoms with E-state index in [9.17, 15) is 14.4 Å². The van der Waals surface area contributed by atoms with Crippen LogP contribution in [0.25, 0.3) is 32.6 Å². The minimum Gasteiger partial charge on any atom is -0.459 e. The highest BCUT2D eigenvalue weighted by Gasteiger charge is 2.23. The smallest absolute Gasteiger partial charge is 0.323 e. The third kappa shape index (κ3) is 7.57. The highest BCUT2D eigenvalue weighted by Crippen LogP contribution is 2.35. The van der Waals surface area contributed by atoms with Gasteiger partial charge in [0, 0.05) is 33.6 Å². The summed E-state index contributed by atoms with van der Waals surface area (Å²) >= 11 is 1.33. The second kappa shape index (κ2) is 13.6. The molecule has 5 rings (SSSR count). The molecule has 3 aromatic carbocycles. The fraction of sp³-hybridized carbons (Fsp3) is 0.250. The van der Waals surface area contributed by atoms with Crippen LogP contribution >= 0.6 is 11.3 Å². The predicted molar refractivity (Wildman–Crippen MR) is 177 cm³/mol. The largest absolute Gasteiger partial charge is 0.459 e. The lowest BCUT2D eigenvalue weighted by atomic mass is 10.0. The second-order valence-corrected chi connectivity index (χ2v) is 13.0. The molecule has 2 heterocycles. The number of fused-ring (bicyclic) bond motifs is 1. The number of ether oxygens (including phenoxy) is 1. The van der Waals surface area contributed by atoms with E-state index in [1.807, 2.05) is 99.6 Å². The van der Waals surface area contributed by atoms with E-state index in [1.54, 1.807) is 11.5 Å². The van der Waals surface area contributed by atoms with Crippen LogP contribution in [0.2, 0.25) is 0 Å². The number of hydrogen-bond acceptors (Lipinski definition) is 7. The van der Waals surface area contributed by atoms with Crippen molar-refractivity contribution in [2.75, 3.05) is 0 Å². The molecular formula is C36H37N3O5S. The molecule has 0 aliphatic rings. The number of amides is 1. The van der Waals surface area contributed by atoms with Crippen molar-refractivity contribution in [2.45, 2.75) is 58.2 Å². The average molecular weight is 624 g/mol. The Morgan fingerprint density at radius 2 is 1.60 bits per heavy atom. The summed E-state index contributed by atoms with van der Waals surface area (Å²) in [5.41, 5.74) is 12.3. The number of hydroxylamine groups is 1. The van der Waals surface area contributed by atoms with Crippen molar-refractivity contribution >= 4 is 39.9 Å². The van der Waals surface area contributed by atoms with Crippen LogP contribution in [0, 0.1) is 0 Å². The van der Waals surface area contributed by atoms with Gasteiger partial charge in [0.05, 0.1) is 11.3 Å². The van der Waals surface area contributed by atoms with Crippen molar-refractivity contribution in [1.82, 2.24) is 10.0 Å². The van der Waals surface area contributed by atoms with Gasteiger partial charge in [-0.3, -0.25) is 19.6 Å². The van der Waals surface area contributed by atoms with E-state index < -0.39 is 23.5 Å². The number of benzene rings is 3. The maximum atomic E-state index is 13.9. The topological polar surface area (TPSA) is 124 Å². The number of nitrogens with two attached hydrogens (primary N) is 1. The molecule has 0 fully saturated rings. The molecule has 4 N–H and O–H groups in total. The number of rotatable bonds is 11. The number of ketones is 1. The minimum atomic E-state index is -0.733. The van der Waals surface area contributed by atoms with Gasteiger partial charge in [-0.05, 0) is 68.5 Å². The molecule has 0 aliphatic heterocycles. The molecule has 9 heteroatoms. The third-order valence-electron chi connectivity index (χ3n) is 7.39. The maximum absolute atomic E-state index is 13.9. The Morgan fingerprint density at radius 1 is 0.933 bits per heavy atom. The van der Waals surface area contributed by atoms with Crippen LogP contribution in [0.5, 0.6) is 0 Å². The van der Waals surface area contributed by atoms with E-state index in [2.05, 4.69) is 10.6 Å². The van der Waals surface area contributed by atoms with E-state index in [4.69, 9.17) is 15.7 Å². The summed E-state index contributed by atoms with van der Waals surface area (Å²) in [6, 6.07) is 28.4. The highest BCUT2D eigenvalue weighted by molar-refractivity contribution is 7.17. The van der Waals surface area contributed by atoms with Crippen molar-refractivity contribution in [3.8, 4) is 21.7 Å². The van der Waals surface area contributed by atoms with Gasteiger partial charge in [0.1, 0.15) is 11.6 Å². The van der Waals surface area contributed by atoms with E-state index in [-0.39, 0.29) is 12.2 Å². The number of nitrogens with zero attached hydrogens (tertiary/aromatic N) is 1. The van der Waals surface area contributed by atoms with Crippen LogP contribution in [-0.2, 0) is 27.3 Å². The molecular weight excluding hydrogens is 586 g/mol. The molecule has 0 radical (unpaired) electrons. The lowest BCUT2D eigenvalue weighted by Gasteiger charge is -2.22. The van der Waals surface area contributed by atoms with E-state index in [1.165, 1.54) is 11.3 Å². The molecule has 2 aromatic heterocycles. The summed E-state index contributed by atoms with van der Waals surface area (Å²) in [6.45, 7) is 6.04. The third-order valence-corrected chi connectivity index (χ3v) is 8.61. The summed E-state index contributed by atoms with van der Waals surface area (Å²) in [7, 11) is 0. The summed E-state index contributed by atoms with van der Waals surface area (Å²) in [6.07, 6.45) is 1.02. The van der Waals surface area contributed by atoms with E-state index in [0.717, 1.165) is 32.6 Å². The molecule has 1 unspecified atom stereocenters. The molecule has 0 saturated carbocycles. The summed E-state index contributed by atoms with van der Waals surface area (Å²) < 4.78 is 7.63. The van der Waals surface area contributed by atoms with Crippen molar-refractivity contribution in [3.05, 3.63) is 107 Å². The molecule has 0 saturated heterocycles. The fourth-order valence-corrected chi connectivity index (χ4v) is 6.46. The van der Waals surface area contributed by atoms with E-state index >= 15 is 0 Å². The summed E-state index contributed by atoms with van der Waals surface area (Å²) in [4.78, 5) is 39.7. The Balaban J connectivity index is 1.48. The van der Waals surface area contributed by atoms with Crippen LogP contribution in [0.15, 0.2) is 91.0 Å². The number of aromatic nitrogens is 1. The molecule has 45 heavy (non-hydrogen) atoms. The molecule has 0 spiro atoms. The first-order chi connectivity index (χ1) is 21.5. The van der Waals surface area contributed by atoms with Gasteiger partial charge < -0.3 is 15.0 Å². The number of hydrogen-bond donors (Lipinski definition) is 3. The number of carbonyl (C=O) groups is 3. The zero-order valence-electron chi connectivity index (χ0n) is 25.6. The quantitative estimate of drug-likeness (QED) is 0.0646. The lowest BCUT2D eigenvalue weighted by Crippen LogP contribution is -2.37. The zero-order chi connectivity index (χ0) is 32.1. The van der Waals surface area contributed by atoms with Crippen LogP contribution in [0.1, 0.15) is 54.4 Å². The molecule has 0 aliphatic carbocycles. The first-order valence-electron chi connectivity index (χ1n) is 14.9. The number of nitrogens with one attached hydrogen (secondary N) is 1. The first kappa shape index (κ1) is 31.8. The van der Waals surface area contributed by atoms with Gasteiger partial charge in [0.25, 0.3) is 0 Å². The summed E-state index contributed by atoms with van der Waals surface area (Å²) in [5.74, 6) is -1.13. The molecule has 232 valence electrons. The number of thiophene rings is 1. The molecule has 1 amide bonds. The van der Waals surface area contributed by atoms with Crippen molar-refractivity contribution in [3.63, 3.8) is 0 Å². The van der Waals surface area contributed by atoms with Crippen LogP contribution in [0.4, 0.5) is 0 Å². The Morgan fingerprint density at radius 3 is 2.24 bits per heavy atom. The van der Waals surface area contributed by atoms with Crippen molar-refractivity contribution < 1.29 is 24.3 Å². The average Bonchev–Trinajstić information content (AvgIpc) is 3.62. The van der Waals surface area contributed by atoms with Gasteiger partial charge in [0.2, 0.25) is 11.7 Å². The molecule has 5 aromatic rings. The van der Waals surface area contributed by atoms with Crippen LogP contribution in [-0.4, -0.2) is 39.1 Å². The van der Waals surface area contributed by atoms with E-state index in [0.29, 0.717) is 35.4 Å². The van der Waals surface area contributed by atoms with Gasteiger partial charge in [-0.15, -0.1) is 11.3 Å². The monoisotopic (exact) mass is 623 g/mol. The molecule has 1 atom stereocenters. The van der Waals surface area contributed by atoms with Gasteiger partial charge in [-0.1, -0.05) is 72.8 Å². The predicted octanol–water partition coefficient (Wildman–Crippen LogP) is 6.76. The van der Waals surface area contributed by atoms with Crippen molar-refractivity contribution in [2.24, 2.45) is 5.73 Å². The van der Waals surface area contributed by atoms with Crippen LogP contribution in [0.3, 0.4) is 0 Å². The number of esters is 1. The number of aryl methyl sites for hydroxylation is 1. The zero-order valence-corrected chi connectivity index (χ0v) is 26.4. The molecule has 8 nitrogen and oxygen atoms in total. The maximum Gasteiger partial charge on any atom is 0.323 e. The van der Waals surface area contributed by atoms with Gasteiger partial charge in [0.15, 0.2) is 0 Å². The summed E-state index contributed by atoms with van der Waals surface area (Å²) in [5, 5.41) is 10.1. The minimum absolute atomic E-state index is 0.0573. The fourth-order valence-electron chi connectivity index (χ4n) is 5.31. The Bertz CT molecular complexity index is 1820.